The Morgan fingerprint density at radius 3 is 2.50 bits per heavy atom. The van der Waals surface area contributed by atoms with Crippen LogP contribution in [0.4, 0.5) is 5.13 Å². The lowest BCUT2D eigenvalue weighted by Crippen LogP contribution is -2.32. The molecule has 0 spiro atoms. The lowest BCUT2D eigenvalue weighted by molar-refractivity contribution is -0.146. The number of fused-ring (bicyclic) bond motifs is 1. The molecule has 0 saturated heterocycles. The number of aromatic nitrogens is 1. The molecular formula is C20H19N3O4S. The number of thiazole rings is 1. The molecule has 0 aliphatic carbocycles. The van der Waals surface area contributed by atoms with Crippen molar-refractivity contribution in [3.05, 3.63) is 59.2 Å². The molecule has 8 heteroatoms. The molecule has 0 aliphatic heterocycles. The minimum atomic E-state index is -0.699. The Morgan fingerprint density at radius 2 is 1.75 bits per heavy atom. The van der Waals surface area contributed by atoms with Gasteiger partial charge in [0.2, 0.25) is 0 Å². The number of hydrogen-bond acceptors (Lipinski definition) is 6. The van der Waals surface area contributed by atoms with E-state index in [0.717, 1.165) is 21.3 Å². The Morgan fingerprint density at radius 1 is 1.04 bits per heavy atom. The molecule has 1 heterocycles. The fraction of sp³-hybridized carbons (Fsp3) is 0.200. The predicted molar refractivity (Wildman–Crippen MR) is 107 cm³/mol. The van der Waals surface area contributed by atoms with Gasteiger partial charge < -0.3 is 10.1 Å². The number of hydrogen-bond donors (Lipinski definition) is 2. The standard InChI is InChI=1S/C20H19N3O4S/c1-12-3-6-14(7-4-12)19(26)21-10-18(25)27-11-17(24)23-20-22-15-8-5-13(2)9-16(15)28-20/h3-9H,10-11H2,1-2H3,(H,21,26)(H,22,23,24). The van der Waals surface area contributed by atoms with E-state index in [0.29, 0.717) is 10.7 Å². The molecule has 0 bridgehead atoms. The highest BCUT2D eigenvalue weighted by Crippen LogP contribution is 2.26. The number of nitrogens with one attached hydrogen (secondary N) is 2. The largest absolute Gasteiger partial charge is 0.454 e. The van der Waals surface area contributed by atoms with Gasteiger partial charge >= 0.3 is 5.97 Å². The molecule has 3 rings (SSSR count). The highest BCUT2D eigenvalue weighted by molar-refractivity contribution is 7.22. The second-order valence-electron chi connectivity index (χ2n) is 6.25. The van der Waals surface area contributed by atoms with Gasteiger partial charge in [0, 0.05) is 5.56 Å². The van der Waals surface area contributed by atoms with Crippen LogP contribution in [0.5, 0.6) is 0 Å². The number of rotatable bonds is 6. The minimum absolute atomic E-state index is 0.319. The molecule has 0 unspecified atom stereocenters. The maximum absolute atomic E-state index is 11.9. The first-order valence-corrected chi connectivity index (χ1v) is 9.40. The van der Waals surface area contributed by atoms with Crippen LogP contribution in [0.3, 0.4) is 0 Å². The molecule has 0 atom stereocenters. The topological polar surface area (TPSA) is 97.4 Å². The third-order valence-electron chi connectivity index (χ3n) is 3.86. The molecule has 0 radical (unpaired) electrons. The highest BCUT2D eigenvalue weighted by atomic mass is 32.1. The van der Waals surface area contributed by atoms with Crippen molar-refractivity contribution >= 4 is 44.5 Å². The Balaban J connectivity index is 1.43. The van der Waals surface area contributed by atoms with Crippen LogP contribution in [0.2, 0.25) is 0 Å². The third kappa shape index (κ3) is 5.14. The van der Waals surface area contributed by atoms with E-state index in [1.165, 1.54) is 11.3 Å². The van der Waals surface area contributed by atoms with Crippen LogP contribution in [0, 0.1) is 13.8 Å². The van der Waals surface area contributed by atoms with Crippen molar-refractivity contribution in [2.75, 3.05) is 18.5 Å². The highest BCUT2D eigenvalue weighted by Gasteiger charge is 2.12. The molecule has 144 valence electrons. The third-order valence-corrected chi connectivity index (χ3v) is 4.80. The van der Waals surface area contributed by atoms with Crippen molar-refractivity contribution in [2.45, 2.75) is 13.8 Å². The van der Waals surface area contributed by atoms with Crippen molar-refractivity contribution in [1.82, 2.24) is 10.3 Å². The molecule has 0 saturated carbocycles. The van der Waals surface area contributed by atoms with E-state index in [1.54, 1.807) is 24.3 Å². The average Bonchev–Trinajstić information content (AvgIpc) is 3.06. The van der Waals surface area contributed by atoms with Crippen LogP contribution < -0.4 is 10.6 Å². The number of nitrogens with zero attached hydrogens (tertiary/aromatic N) is 1. The zero-order valence-corrected chi connectivity index (χ0v) is 16.3. The predicted octanol–water partition coefficient (Wildman–Crippen LogP) is 2.82. The van der Waals surface area contributed by atoms with Crippen LogP contribution in [0.15, 0.2) is 42.5 Å². The summed E-state index contributed by atoms with van der Waals surface area (Å²) in [5.41, 5.74) is 3.38. The van der Waals surface area contributed by atoms with E-state index >= 15 is 0 Å². The SMILES string of the molecule is Cc1ccc(C(=O)NCC(=O)OCC(=O)Nc2nc3ccc(C)cc3s2)cc1. The van der Waals surface area contributed by atoms with Crippen LogP contribution in [-0.4, -0.2) is 35.9 Å². The number of aryl methyl sites for hydroxylation is 2. The first-order chi connectivity index (χ1) is 13.4. The molecule has 1 aromatic heterocycles. The molecular weight excluding hydrogens is 378 g/mol. The number of amides is 2. The lowest BCUT2D eigenvalue weighted by atomic mass is 10.1. The summed E-state index contributed by atoms with van der Waals surface area (Å²) >= 11 is 1.35. The van der Waals surface area contributed by atoms with E-state index in [1.807, 2.05) is 32.0 Å². The van der Waals surface area contributed by atoms with Gasteiger partial charge in [-0.15, -0.1) is 0 Å². The van der Waals surface area contributed by atoms with Gasteiger partial charge in [-0.3, -0.25) is 19.7 Å². The van der Waals surface area contributed by atoms with E-state index in [9.17, 15) is 14.4 Å². The number of carbonyl (C=O) groups is 3. The molecule has 3 aromatic rings. The summed E-state index contributed by atoms with van der Waals surface area (Å²) < 4.78 is 5.85. The summed E-state index contributed by atoms with van der Waals surface area (Å²) in [7, 11) is 0. The fourth-order valence-electron chi connectivity index (χ4n) is 2.40. The van der Waals surface area contributed by atoms with Crippen LogP contribution in [-0.2, 0) is 14.3 Å². The van der Waals surface area contributed by atoms with Gasteiger partial charge in [0.05, 0.1) is 10.2 Å². The monoisotopic (exact) mass is 397 g/mol. The number of anilines is 1. The van der Waals surface area contributed by atoms with Crippen LogP contribution >= 0.6 is 11.3 Å². The summed E-state index contributed by atoms with van der Waals surface area (Å²) in [6, 6.07) is 12.8. The number of benzene rings is 2. The molecule has 7 nitrogen and oxygen atoms in total. The van der Waals surface area contributed by atoms with Crippen molar-refractivity contribution in [1.29, 1.82) is 0 Å². The summed E-state index contributed by atoms with van der Waals surface area (Å²) in [4.78, 5) is 39.9. The number of esters is 1. The second-order valence-corrected chi connectivity index (χ2v) is 7.28. The number of ether oxygens (including phenoxy) is 1. The quantitative estimate of drug-likeness (QED) is 0.624. The van der Waals surface area contributed by atoms with E-state index in [4.69, 9.17) is 4.74 Å². The molecule has 28 heavy (non-hydrogen) atoms. The Labute approximate surface area is 165 Å². The smallest absolute Gasteiger partial charge is 0.325 e. The molecule has 0 aliphatic rings. The van der Waals surface area contributed by atoms with Gasteiger partial charge in [0.1, 0.15) is 6.54 Å². The van der Waals surface area contributed by atoms with Gasteiger partial charge in [0.25, 0.3) is 11.8 Å². The zero-order valence-electron chi connectivity index (χ0n) is 15.4. The zero-order chi connectivity index (χ0) is 20.1. The lowest BCUT2D eigenvalue weighted by Gasteiger charge is -2.06. The Kier molecular flexibility index (Phi) is 6.00. The normalized spacial score (nSPS) is 10.5. The Bertz CT molecular complexity index is 1030. The summed E-state index contributed by atoms with van der Waals surface area (Å²) in [5, 5.41) is 5.50. The average molecular weight is 397 g/mol. The van der Waals surface area contributed by atoms with Crippen molar-refractivity contribution in [3.63, 3.8) is 0 Å². The van der Waals surface area contributed by atoms with Gasteiger partial charge in [0.15, 0.2) is 11.7 Å². The van der Waals surface area contributed by atoms with E-state index < -0.39 is 18.5 Å². The maximum atomic E-state index is 11.9. The first kappa shape index (κ1) is 19.5. The van der Waals surface area contributed by atoms with Crippen LogP contribution in [0.1, 0.15) is 21.5 Å². The van der Waals surface area contributed by atoms with Gasteiger partial charge in [-0.1, -0.05) is 35.1 Å². The van der Waals surface area contributed by atoms with Gasteiger partial charge in [-0.05, 0) is 43.7 Å². The fourth-order valence-corrected chi connectivity index (χ4v) is 3.38. The van der Waals surface area contributed by atoms with Crippen molar-refractivity contribution < 1.29 is 19.1 Å². The number of carbonyl (C=O) groups excluding carboxylic acids is 3. The summed E-state index contributed by atoms with van der Waals surface area (Å²) in [6.07, 6.45) is 0. The molecule has 2 N–H and O–H groups in total. The van der Waals surface area contributed by atoms with Crippen molar-refractivity contribution in [3.8, 4) is 0 Å². The molecule has 2 aromatic carbocycles. The maximum Gasteiger partial charge on any atom is 0.325 e. The summed E-state index contributed by atoms with van der Waals surface area (Å²) in [5.74, 6) is -1.57. The first-order valence-electron chi connectivity index (χ1n) is 8.58. The van der Waals surface area contributed by atoms with E-state index in [-0.39, 0.29) is 12.5 Å². The Hall–Kier alpha value is -3.26. The van der Waals surface area contributed by atoms with Gasteiger partial charge in [-0.25, -0.2) is 4.98 Å². The van der Waals surface area contributed by atoms with Gasteiger partial charge in [-0.2, -0.15) is 0 Å². The molecule has 0 fully saturated rings. The van der Waals surface area contributed by atoms with E-state index in [2.05, 4.69) is 15.6 Å². The summed E-state index contributed by atoms with van der Waals surface area (Å²) in [6.45, 7) is 3.13. The van der Waals surface area contributed by atoms with Crippen molar-refractivity contribution in [2.24, 2.45) is 0 Å². The second kappa shape index (κ2) is 8.62. The molecule has 2 amide bonds. The minimum Gasteiger partial charge on any atom is -0.454 e. The van der Waals surface area contributed by atoms with Crippen LogP contribution in [0.25, 0.3) is 10.2 Å².